The van der Waals surface area contributed by atoms with E-state index >= 15 is 0 Å². The van der Waals surface area contributed by atoms with E-state index < -0.39 is 0 Å². The van der Waals surface area contributed by atoms with Crippen molar-refractivity contribution in [3.05, 3.63) is 82.2 Å². The minimum atomic E-state index is 0.845. The van der Waals surface area contributed by atoms with Gasteiger partial charge < -0.3 is 9.88 Å². The summed E-state index contributed by atoms with van der Waals surface area (Å²) in [5.74, 6) is 0.935. The molecule has 1 N–H and O–H groups in total. The van der Waals surface area contributed by atoms with E-state index in [9.17, 15) is 0 Å². The molecular weight excluding hydrogens is 350 g/mol. The van der Waals surface area contributed by atoms with Gasteiger partial charge in [-0.1, -0.05) is 58.4 Å². The van der Waals surface area contributed by atoms with Gasteiger partial charge >= 0.3 is 0 Å². The summed E-state index contributed by atoms with van der Waals surface area (Å²) in [7, 11) is 0. The monoisotopic (exact) mass is 365 g/mol. The Balaban J connectivity index is 1.54. The van der Waals surface area contributed by atoms with E-state index in [1.165, 1.54) is 11.3 Å². The molecule has 1 aliphatic heterocycles. The number of aromatic nitrogens is 2. The number of imidazole rings is 1. The Hall–Kier alpha value is -2.33. The van der Waals surface area contributed by atoms with Gasteiger partial charge in [-0.3, -0.25) is 0 Å². The summed E-state index contributed by atoms with van der Waals surface area (Å²) in [6, 6.07) is 18.7. The molecule has 23 heavy (non-hydrogen) atoms. The molecule has 0 fully saturated rings. The van der Waals surface area contributed by atoms with Crippen LogP contribution in [0.2, 0.25) is 0 Å². The fourth-order valence-electron chi connectivity index (χ4n) is 2.82. The number of hydrogen-bond acceptors (Lipinski definition) is 2. The third kappa shape index (κ3) is 3.08. The fourth-order valence-corrected chi connectivity index (χ4v) is 3.27. The fraction of sp³-hybridized carbons (Fsp3) is 0.105. The molecule has 4 heteroatoms. The van der Waals surface area contributed by atoms with E-state index in [0.29, 0.717) is 0 Å². The number of rotatable bonds is 3. The quantitative estimate of drug-likeness (QED) is 0.720. The van der Waals surface area contributed by atoms with Gasteiger partial charge in [0.05, 0.1) is 17.9 Å². The Labute approximate surface area is 143 Å². The second-order valence-corrected chi connectivity index (χ2v) is 6.58. The maximum Gasteiger partial charge on any atom is 0.138 e. The highest BCUT2D eigenvalue weighted by Gasteiger charge is 2.16. The van der Waals surface area contributed by atoms with Crippen LogP contribution >= 0.6 is 15.9 Å². The molecule has 0 unspecified atom stereocenters. The number of nitrogens with one attached hydrogen (secondary N) is 1. The maximum absolute atomic E-state index is 4.70. The van der Waals surface area contributed by atoms with E-state index in [0.717, 1.165) is 34.6 Å². The molecule has 114 valence electrons. The Morgan fingerprint density at radius 2 is 1.96 bits per heavy atom. The van der Waals surface area contributed by atoms with Crippen LogP contribution in [0.5, 0.6) is 0 Å². The third-order valence-corrected chi connectivity index (χ3v) is 4.43. The van der Waals surface area contributed by atoms with Crippen molar-refractivity contribution >= 4 is 22.0 Å². The lowest BCUT2D eigenvalue weighted by atomic mass is 10.2. The van der Waals surface area contributed by atoms with Crippen molar-refractivity contribution < 1.29 is 0 Å². The highest BCUT2D eigenvalue weighted by atomic mass is 79.9. The average Bonchev–Trinajstić information content (AvgIpc) is 2.99. The van der Waals surface area contributed by atoms with Gasteiger partial charge in [-0.15, -0.1) is 0 Å². The first kappa shape index (κ1) is 14.3. The summed E-state index contributed by atoms with van der Waals surface area (Å²) < 4.78 is 1.12. The first-order valence-electron chi connectivity index (χ1n) is 7.59. The zero-order chi connectivity index (χ0) is 15.6. The molecule has 4 rings (SSSR count). The molecule has 0 amide bonds. The van der Waals surface area contributed by atoms with Gasteiger partial charge in [-0.2, -0.15) is 0 Å². The molecular formula is C19H16BrN3. The Kier molecular flexibility index (Phi) is 3.75. The van der Waals surface area contributed by atoms with Crippen molar-refractivity contribution in [1.29, 1.82) is 0 Å². The van der Waals surface area contributed by atoms with Gasteiger partial charge in [0.15, 0.2) is 0 Å². The van der Waals surface area contributed by atoms with Crippen LogP contribution in [-0.2, 0) is 13.1 Å². The summed E-state index contributed by atoms with van der Waals surface area (Å²) in [5, 5.41) is 0. The standard InChI is InChI=1S/C19H16BrN3/c20-16-8-4-5-14(11-16)12-23-10-9-17-18(13-23)22-19(21-17)15-6-2-1-3-7-15/h1-11H,12-13H2,(H,21,22). The number of fused-ring (bicyclic) bond motifs is 1. The predicted molar refractivity (Wildman–Crippen MR) is 96.4 cm³/mol. The van der Waals surface area contributed by atoms with Gasteiger partial charge in [0.25, 0.3) is 0 Å². The van der Waals surface area contributed by atoms with Crippen LogP contribution in [-0.4, -0.2) is 14.9 Å². The summed E-state index contributed by atoms with van der Waals surface area (Å²) in [6.45, 7) is 1.73. The van der Waals surface area contributed by atoms with Crippen LogP contribution in [0.1, 0.15) is 17.0 Å². The number of aromatic amines is 1. The molecule has 0 saturated heterocycles. The molecule has 0 bridgehead atoms. The molecule has 0 spiro atoms. The molecule has 0 radical (unpaired) electrons. The van der Waals surface area contributed by atoms with E-state index in [1.54, 1.807) is 0 Å². The summed E-state index contributed by atoms with van der Waals surface area (Å²) in [4.78, 5) is 10.5. The molecule has 2 heterocycles. The number of halogens is 1. The molecule has 0 aliphatic carbocycles. The van der Waals surface area contributed by atoms with Gasteiger partial charge in [0, 0.05) is 22.8 Å². The first-order chi connectivity index (χ1) is 11.3. The lowest BCUT2D eigenvalue weighted by Crippen LogP contribution is -2.19. The minimum Gasteiger partial charge on any atom is -0.367 e. The van der Waals surface area contributed by atoms with Gasteiger partial charge in [-0.05, 0) is 23.8 Å². The van der Waals surface area contributed by atoms with Gasteiger partial charge in [0.1, 0.15) is 5.82 Å². The van der Waals surface area contributed by atoms with Gasteiger partial charge in [-0.25, -0.2) is 4.98 Å². The lowest BCUT2D eigenvalue weighted by Gasteiger charge is -2.23. The molecule has 3 aromatic rings. The van der Waals surface area contributed by atoms with Crippen molar-refractivity contribution in [2.45, 2.75) is 13.1 Å². The number of H-pyrrole nitrogens is 1. The van der Waals surface area contributed by atoms with Crippen molar-refractivity contribution in [3.8, 4) is 11.4 Å². The summed E-state index contributed by atoms with van der Waals surface area (Å²) >= 11 is 3.53. The Bertz CT molecular complexity index is 852. The smallest absolute Gasteiger partial charge is 0.138 e. The zero-order valence-corrected chi connectivity index (χ0v) is 14.1. The van der Waals surface area contributed by atoms with Crippen LogP contribution in [0.25, 0.3) is 17.5 Å². The minimum absolute atomic E-state index is 0.845. The summed E-state index contributed by atoms with van der Waals surface area (Å²) in [5.41, 5.74) is 4.61. The van der Waals surface area contributed by atoms with Crippen molar-refractivity contribution in [3.63, 3.8) is 0 Å². The number of benzene rings is 2. The third-order valence-electron chi connectivity index (χ3n) is 3.94. The van der Waals surface area contributed by atoms with Crippen molar-refractivity contribution in [1.82, 2.24) is 14.9 Å². The van der Waals surface area contributed by atoms with Crippen molar-refractivity contribution in [2.75, 3.05) is 0 Å². The van der Waals surface area contributed by atoms with Crippen LogP contribution in [0, 0.1) is 0 Å². The normalized spacial score (nSPS) is 13.2. The molecule has 1 aliphatic rings. The van der Waals surface area contributed by atoms with E-state index in [-0.39, 0.29) is 0 Å². The van der Waals surface area contributed by atoms with Crippen LogP contribution in [0.4, 0.5) is 0 Å². The summed E-state index contributed by atoms with van der Waals surface area (Å²) in [6.07, 6.45) is 4.21. The number of hydrogen-bond donors (Lipinski definition) is 1. The first-order valence-corrected chi connectivity index (χ1v) is 8.38. The van der Waals surface area contributed by atoms with E-state index in [2.05, 4.69) is 74.5 Å². The molecule has 0 saturated carbocycles. The SMILES string of the molecule is Brc1cccc(CN2C=Cc3nc(-c4ccccc4)[nH]c3C2)c1. The predicted octanol–water partition coefficient (Wildman–Crippen LogP) is 4.83. The Morgan fingerprint density at radius 3 is 2.78 bits per heavy atom. The Morgan fingerprint density at radius 1 is 1.09 bits per heavy atom. The van der Waals surface area contributed by atoms with Crippen LogP contribution < -0.4 is 0 Å². The van der Waals surface area contributed by atoms with E-state index in [1.807, 2.05) is 18.2 Å². The largest absolute Gasteiger partial charge is 0.367 e. The topological polar surface area (TPSA) is 31.9 Å². The van der Waals surface area contributed by atoms with Gasteiger partial charge in [0.2, 0.25) is 0 Å². The second kappa shape index (κ2) is 6.05. The highest BCUT2D eigenvalue weighted by molar-refractivity contribution is 9.10. The number of nitrogens with zero attached hydrogens (tertiary/aromatic N) is 2. The zero-order valence-electron chi connectivity index (χ0n) is 12.5. The lowest BCUT2D eigenvalue weighted by molar-refractivity contribution is 0.355. The van der Waals surface area contributed by atoms with Crippen molar-refractivity contribution in [2.24, 2.45) is 0 Å². The molecule has 1 aromatic heterocycles. The molecule has 3 nitrogen and oxygen atoms in total. The van der Waals surface area contributed by atoms with Crippen LogP contribution in [0.3, 0.4) is 0 Å². The highest BCUT2D eigenvalue weighted by Crippen LogP contribution is 2.24. The maximum atomic E-state index is 4.70. The molecule has 2 aromatic carbocycles. The van der Waals surface area contributed by atoms with Crippen LogP contribution in [0.15, 0.2) is 65.3 Å². The average molecular weight is 366 g/mol. The second-order valence-electron chi connectivity index (χ2n) is 5.67. The molecule has 0 atom stereocenters. The van der Waals surface area contributed by atoms with E-state index in [4.69, 9.17) is 4.98 Å².